The molecular formula is C13H26N2O5S. The number of sulfonamides is 1. The molecule has 0 aromatic carbocycles. The third-order valence-electron chi connectivity index (χ3n) is 3.61. The predicted octanol–water partition coefficient (Wildman–Crippen LogP) is -0.0781. The van der Waals surface area contributed by atoms with Crippen molar-refractivity contribution in [2.24, 2.45) is 0 Å². The summed E-state index contributed by atoms with van der Waals surface area (Å²) < 4.78 is 35.1. The number of rotatable bonds is 8. The molecule has 1 heterocycles. The van der Waals surface area contributed by atoms with Gasteiger partial charge in [0.05, 0.1) is 19.5 Å². The van der Waals surface area contributed by atoms with Gasteiger partial charge in [-0.2, -0.15) is 4.31 Å². The van der Waals surface area contributed by atoms with Crippen LogP contribution in [0.1, 0.15) is 19.3 Å². The lowest BCUT2D eigenvalue weighted by Crippen LogP contribution is -2.53. The minimum absolute atomic E-state index is 0.158. The van der Waals surface area contributed by atoms with Gasteiger partial charge in [0.15, 0.2) is 0 Å². The van der Waals surface area contributed by atoms with Crippen LogP contribution >= 0.6 is 0 Å². The fraction of sp³-hybridized carbons (Fsp3) is 0.923. The predicted molar refractivity (Wildman–Crippen MR) is 79.5 cm³/mol. The zero-order valence-corrected chi connectivity index (χ0v) is 13.9. The summed E-state index contributed by atoms with van der Waals surface area (Å²) in [5.41, 5.74) is 0. The van der Waals surface area contributed by atoms with Crippen molar-refractivity contribution >= 4 is 15.9 Å². The van der Waals surface area contributed by atoms with Crippen LogP contribution in [0.5, 0.6) is 0 Å². The number of ether oxygens (including phenoxy) is 2. The van der Waals surface area contributed by atoms with Gasteiger partial charge >= 0.3 is 0 Å². The Morgan fingerprint density at radius 1 is 1.19 bits per heavy atom. The average Bonchev–Trinajstić information content (AvgIpc) is 2.46. The zero-order chi connectivity index (χ0) is 15.9. The molecule has 1 aliphatic heterocycles. The molecule has 1 amide bonds. The molecule has 0 aromatic rings. The van der Waals surface area contributed by atoms with Gasteiger partial charge in [0, 0.05) is 33.9 Å². The van der Waals surface area contributed by atoms with Crippen LogP contribution in [0.25, 0.3) is 0 Å². The Bertz CT molecular complexity index is 418. The second kappa shape index (κ2) is 8.67. The van der Waals surface area contributed by atoms with Gasteiger partial charge in [-0.3, -0.25) is 4.79 Å². The molecule has 124 valence electrons. The minimum Gasteiger partial charge on any atom is -0.383 e. The van der Waals surface area contributed by atoms with Crippen molar-refractivity contribution in [2.45, 2.75) is 25.3 Å². The molecule has 0 aliphatic carbocycles. The van der Waals surface area contributed by atoms with E-state index in [0.717, 1.165) is 19.1 Å². The Kier molecular flexibility index (Phi) is 7.58. The van der Waals surface area contributed by atoms with Gasteiger partial charge in [0.1, 0.15) is 6.04 Å². The quantitative estimate of drug-likeness (QED) is 0.625. The lowest BCUT2D eigenvalue weighted by Gasteiger charge is -2.36. The number of carbonyl (C=O) groups is 1. The number of carbonyl (C=O) groups excluding carboxylic acids is 1. The molecule has 1 unspecified atom stereocenters. The summed E-state index contributed by atoms with van der Waals surface area (Å²) in [6, 6.07) is -0.595. The van der Waals surface area contributed by atoms with Crippen molar-refractivity contribution < 1.29 is 22.7 Å². The highest BCUT2D eigenvalue weighted by Crippen LogP contribution is 2.21. The van der Waals surface area contributed by atoms with Gasteiger partial charge in [-0.1, -0.05) is 6.42 Å². The second-order valence-corrected chi connectivity index (χ2v) is 7.13. The molecule has 8 heteroatoms. The van der Waals surface area contributed by atoms with E-state index in [1.165, 1.54) is 4.31 Å². The van der Waals surface area contributed by atoms with E-state index < -0.39 is 16.1 Å². The van der Waals surface area contributed by atoms with E-state index in [0.29, 0.717) is 39.3 Å². The molecule has 0 spiro atoms. The number of methoxy groups -OCH3 is 2. The highest BCUT2D eigenvalue weighted by atomic mass is 32.2. The van der Waals surface area contributed by atoms with E-state index in [1.807, 2.05) is 0 Å². The molecule has 0 bridgehead atoms. The summed E-state index contributed by atoms with van der Waals surface area (Å²) in [6.45, 7) is 2.12. The molecule has 1 rings (SSSR count). The zero-order valence-electron chi connectivity index (χ0n) is 13.1. The Balaban J connectivity index is 2.82. The topological polar surface area (TPSA) is 76.2 Å². The molecule has 1 fully saturated rings. The summed E-state index contributed by atoms with van der Waals surface area (Å²) in [5, 5.41) is 0. The van der Waals surface area contributed by atoms with Crippen LogP contribution in [-0.4, -0.2) is 82.9 Å². The summed E-state index contributed by atoms with van der Waals surface area (Å²) in [6.07, 6.45) is 3.40. The third kappa shape index (κ3) is 5.54. The summed E-state index contributed by atoms with van der Waals surface area (Å²) >= 11 is 0. The van der Waals surface area contributed by atoms with Crippen LogP contribution in [0.3, 0.4) is 0 Å². The number of amides is 1. The highest BCUT2D eigenvalue weighted by molar-refractivity contribution is 7.88. The maximum atomic E-state index is 12.7. The molecule has 7 nitrogen and oxygen atoms in total. The fourth-order valence-corrected chi connectivity index (χ4v) is 3.61. The molecule has 1 atom stereocenters. The number of piperidine rings is 1. The first-order valence-electron chi connectivity index (χ1n) is 7.15. The van der Waals surface area contributed by atoms with Crippen LogP contribution < -0.4 is 0 Å². The summed E-state index contributed by atoms with van der Waals surface area (Å²) in [4.78, 5) is 14.3. The van der Waals surface area contributed by atoms with Crippen molar-refractivity contribution in [3.05, 3.63) is 0 Å². The SMILES string of the molecule is COCCN(CCOC)C(=O)C1CCCCN1S(C)(=O)=O. The van der Waals surface area contributed by atoms with Gasteiger partial charge in [-0.25, -0.2) is 8.42 Å². The van der Waals surface area contributed by atoms with E-state index in [4.69, 9.17) is 9.47 Å². The van der Waals surface area contributed by atoms with Gasteiger partial charge in [-0.05, 0) is 12.8 Å². The normalized spacial score (nSPS) is 20.4. The van der Waals surface area contributed by atoms with Crippen molar-refractivity contribution in [3.8, 4) is 0 Å². The minimum atomic E-state index is -3.37. The maximum absolute atomic E-state index is 12.7. The largest absolute Gasteiger partial charge is 0.383 e. The molecule has 0 N–H and O–H groups in total. The van der Waals surface area contributed by atoms with Crippen LogP contribution in [0.4, 0.5) is 0 Å². The van der Waals surface area contributed by atoms with Gasteiger partial charge in [0.2, 0.25) is 15.9 Å². The fourth-order valence-electron chi connectivity index (χ4n) is 2.49. The van der Waals surface area contributed by atoms with Crippen molar-refractivity contribution in [2.75, 3.05) is 53.3 Å². The van der Waals surface area contributed by atoms with Crippen molar-refractivity contribution in [3.63, 3.8) is 0 Å². The first kappa shape index (κ1) is 18.3. The van der Waals surface area contributed by atoms with Crippen molar-refractivity contribution in [1.82, 2.24) is 9.21 Å². The number of nitrogens with zero attached hydrogens (tertiary/aromatic N) is 2. The standard InChI is InChI=1S/C13H26N2O5S/c1-19-10-8-14(9-11-20-2)13(16)12-6-4-5-7-15(12)21(3,17)18/h12H,4-11H2,1-3H3. The van der Waals surface area contributed by atoms with Gasteiger partial charge in [-0.15, -0.1) is 0 Å². The second-order valence-electron chi connectivity index (χ2n) is 5.20. The Hall–Kier alpha value is -0.700. The molecule has 1 aliphatic rings. The van der Waals surface area contributed by atoms with Gasteiger partial charge < -0.3 is 14.4 Å². The van der Waals surface area contributed by atoms with E-state index in [2.05, 4.69) is 0 Å². The first-order valence-corrected chi connectivity index (χ1v) is 9.00. The van der Waals surface area contributed by atoms with Crippen LogP contribution in [0.2, 0.25) is 0 Å². The molecule has 21 heavy (non-hydrogen) atoms. The van der Waals surface area contributed by atoms with Crippen LogP contribution in [0, 0.1) is 0 Å². The average molecular weight is 322 g/mol. The lowest BCUT2D eigenvalue weighted by molar-refractivity contribution is -0.137. The molecule has 0 radical (unpaired) electrons. The van der Waals surface area contributed by atoms with Crippen LogP contribution in [-0.2, 0) is 24.3 Å². The van der Waals surface area contributed by atoms with E-state index in [9.17, 15) is 13.2 Å². The Labute approximate surface area is 127 Å². The smallest absolute Gasteiger partial charge is 0.241 e. The summed E-state index contributed by atoms with van der Waals surface area (Å²) in [7, 11) is -0.228. The monoisotopic (exact) mass is 322 g/mol. The molecular weight excluding hydrogens is 296 g/mol. The third-order valence-corrected chi connectivity index (χ3v) is 4.90. The molecule has 0 saturated carbocycles. The number of hydrogen-bond acceptors (Lipinski definition) is 5. The van der Waals surface area contributed by atoms with Crippen molar-refractivity contribution in [1.29, 1.82) is 0 Å². The number of hydrogen-bond donors (Lipinski definition) is 0. The lowest BCUT2D eigenvalue weighted by atomic mass is 10.0. The van der Waals surface area contributed by atoms with Crippen LogP contribution in [0.15, 0.2) is 0 Å². The Morgan fingerprint density at radius 3 is 2.24 bits per heavy atom. The van der Waals surface area contributed by atoms with E-state index in [1.54, 1.807) is 19.1 Å². The highest BCUT2D eigenvalue weighted by Gasteiger charge is 2.36. The van der Waals surface area contributed by atoms with Gasteiger partial charge in [0.25, 0.3) is 0 Å². The molecule has 1 saturated heterocycles. The maximum Gasteiger partial charge on any atom is 0.241 e. The Morgan fingerprint density at radius 2 is 1.76 bits per heavy atom. The molecule has 0 aromatic heterocycles. The first-order chi connectivity index (χ1) is 9.91. The van der Waals surface area contributed by atoms with E-state index >= 15 is 0 Å². The van der Waals surface area contributed by atoms with E-state index in [-0.39, 0.29) is 5.91 Å². The summed E-state index contributed by atoms with van der Waals surface area (Å²) in [5.74, 6) is -0.158.